The highest BCUT2D eigenvalue weighted by Crippen LogP contribution is 2.25. The molecule has 0 aromatic heterocycles. The lowest BCUT2D eigenvalue weighted by molar-refractivity contribution is 0.0696. The van der Waals surface area contributed by atoms with Gasteiger partial charge >= 0.3 is 5.97 Å². The second kappa shape index (κ2) is 6.25. The molecule has 0 amide bonds. The number of halogens is 1. The molecule has 2 rings (SSSR count). The zero-order valence-corrected chi connectivity index (χ0v) is 13.1. The van der Waals surface area contributed by atoms with Crippen LogP contribution in [0.2, 0.25) is 0 Å². The molecular weight excluding hydrogens is 325 g/mol. The van der Waals surface area contributed by atoms with Crippen LogP contribution < -0.4 is 9.46 Å². The van der Waals surface area contributed by atoms with Gasteiger partial charge < -0.3 is 9.84 Å². The van der Waals surface area contributed by atoms with Crippen LogP contribution in [0.5, 0.6) is 5.75 Å². The molecule has 0 atom stereocenters. The van der Waals surface area contributed by atoms with Crippen molar-refractivity contribution >= 4 is 21.7 Å². The SMILES string of the molecule is COc1cccc(NS(=O)(=O)c2cc(C(=O)O)cc(F)c2C)c1. The van der Waals surface area contributed by atoms with Crippen molar-refractivity contribution in [3.05, 3.63) is 53.3 Å². The van der Waals surface area contributed by atoms with E-state index in [4.69, 9.17) is 9.84 Å². The Morgan fingerprint density at radius 3 is 2.57 bits per heavy atom. The first-order valence-electron chi connectivity index (χ1n) is 6.45. The van der Waals surface area contributed by atoms with Crippen molar-refractivity contribution in [1.29, 1.82) is 0 Å². The summed E-state index contributed by atoms with van der Waals surface area (Å²) in [6, 6.07) is 7.86. The molecule has 0 aliphatic carbocycles. The fourth-order valence-corrected chi connectivity index (χ4v) is 3.28. The standard InChI is InChI=1S/C15H14FNO5S/c1-9-13(16)6-10(15(18)19)7-14(9)23(20,21)17-11-4-3-5-12(8-11)22-2/h3-8,17H,1-2H3,(H,18,19). The van der Waals surface area contributed by atoms with Gasteiger partial charge in [-0.1, -0.05) is 6.07 Å². The van der Waals surface area contributed by atoms with E-state index in [9.17, 15) is 17.6 Å². The normalized spacial score (nSPS) is 11.1. The predicted molar refractivity (Wildman–Crippen MR) is 81.9 cm³/mol. The maximum Gasteiger partial charge on any atom is 0.335 e. The molecule has 0 saturated heterocycles. The molecule has 0 spiro atoms. The first-order chi connectivity index (χ1) is 10.7. The van der Waals surface area contributed by atoms with Crippen molar-refractivity contribution in [1.82, 2.24) is 0 Å². The van der Waals surface area contributed by atoms with Crippen LogP contribution in [-0.4, -0.2) is 26.6 Å². The molecule has 2 aromatic carbocycles. The molecule has 0 aliphatic heterocycles. The highest BCUT2D eigenvalue weighted by molar-refractivity contribution is 7.92. The summed E-state index contributed by atoms with van der Waals surface area (Å²) in [6.45, 7) is 1.26. The number of methoxy groups -OCH3 is 1. The van der Waals surface area contributed by atoms with E-state index in [1.54, 1.807) is 12.1 Å². The molecule has 0 bridgehead atoms. The monoisotopic (exact) mass is 339 g/mol. The van der Waals surface area contributed by atoms with Gasteiger partial charge in [0.25, 0.3) is 10.0 Å². The molecule has 23 heavy (non-hydrogen) atoms. The van der Waals surface area contributed by atoms with E-state index in [2.05, 4.69) is 4.72 Å². The lowest BCUT2D eigenvalue weighted by Crippen LogP contribution is -2.16. The van der Waals surface area contributed by atoms with Crippen molar-refractivity contribution in [3.8, 4) is 5.75 Å². The van der Waals surface area contributed by atoms with Crippen LogP contribution in [0.1, 0.15) is 15.9 Å². The number of carboxylic acid groups (broad SMARTS) is 1. The zero-order valence-electron chi connectivity index (χ0n) is 12.3. The predicted octanol–water partition coefficient (Wildman–Crippen LogP) is 2.64. The van der Waals surface area contributed by atoms with E-state index in [1.165, 1.54) is 26.2 Å². The molecular formula is C15H14FNO5S. The number of carbonyl (C=O) groups is 1. The summed E-state index contributed by atoms with van der Waals surface area (Å²) in [7, 11) is -2.72. The Morgan fingerprint density at radius 1 is 1.26 bits per heavy atom. The highest BCUT2D eigenvalue weighted by Gasteiger charge is 2.22. The minimum atomic E-state index is -4.16. The Labute approximate surface area is 132 Å². The van der Waals surface area contributed by atoms with E-state index in [-0.39, 0.29) is 11.3 Å². The zero-order chi connectivity index (χ0) is 17.2. The number of aromatic carboxylic acids is 1. The molecule has 2 aromatic rings. The number of carboxylic acids is 1. The summed E-state index contributed by atoms with van der Waals surface area (Å²) >= 11 is 0. The summed E-state index contributed by atoms with van der Waals surface area (Å²) in [5.74, 6) is -1.88. The van der Waals surface area contributed by atoms with Gasteiger partial charge in [0.05, 0.1) is 23.3 Å². The molecule has 2 N–H and O–H groups in total. The number of rotatable bonds is 5. The Hall–Kier alpha value is -2.61. The quantitative estimate of drug-likeness (QED) is 0.873. The third-order valence-electron chi connectivity index (χ3n) is 3.16. The molecule has 122 valence electrons. The molecule has 0 aliphatic rings. The summed E-state index contributed by atoms with van der Waals surface area (Å²) in [5.41, 5.74) is -0.394. The van der Waals surface area contributed by atoms with Crippen molar-refractivity contribution in [2.75, 3.05) is 11.8 Å². The van der Waals surface area contributed by atoms with Crippen molar-refractivity contribution in [2.24, 2.45) is 0 Å². The van der Waals surface area contributed by atoms with Crippen LogP contribution in [0.25, 0.3) is 0 Å². The van der Waals surface area contributed by atoms with Crippen LogP contribution >= 0.6 is 0 Å². The van der Waals surface area contributed by atoms with Gasteiger partial charge in [-0.25, -0.2) is 17.6 Å². The first-order valence-corrected chi connectivity index (χ1v) is 7.93. The summed E-state index contributed by atoms with van der Waals surface area (Å²) in [5, 5.41) is 8.95. The minimum absolute atomic E-state index is 0.162. The second-order valence-electron chi connectivity index (χ2n) is 4.72. The Kier molecular flexibility index (Phi) is 4.55. The van der Waals surface area contributed by atoms with E-state index in [0.29, 0.717) is 5.75 Å². The molecule has 6 nitrogen and oxygen atoms in total. The average molecular weight is 339 g/mol. The second-order valence-corrected chi connectivity index (χ2v) is 6.37. The van der Waals surface area contributed by atoms with Gasteiger partial charge in [-0.05, 0) is 31.2 Å². The highest BCUT2D eigenvalue weighted by atomic mass is 32.2. The fraction of sp³-hybridized carbons (Fsp3) is 0.133. The van der Waals surface area contributed by atoms with E-state index >= 15 is 0 Å². The van der Waals surface area contributed by atoms with Crippen molar-refractivity contribution < 1.29 is 27.4 Å². The number of hydrogen-bond acceptors (Lipinski definition) is 4. The topological polar surface area (TPSA) is 92.7 Å². The van der Waals surface area contributed by atoms with Crippen LogP contribution in [0.4, 0.5) is 10.1 Å². The van der Waals surface area contributed by atoms with Gasteiger partial charge in [0.15, 0.2) is 0 Å². The lowest BCUT2D eigenvalue weighted by atomic mass is 10.1. The van der Waals surface area contributed by atoms with Gasteiger partial charge in [-0.2, -0.15) is 0 Å². The van der Waals surface area contributed by atoms with Crippen LogP contribution in [0.15, 0.2) is 41.3 Å². The maximum absolute atomic E-state index is 13.8. The molecule has 0 heterocycles. The smallest absolute Gasteiger partial charge is 0.335 e. The number of nitrogens with one attached hydrogen (secondary N) is 1. The fourth-order valence-electron chi connectivity index (χ4n) is 1.95. The van der Waals surface area contributed by atoms with E-state index in [0.717, 1.165) is 12.1 Å². The maximum atomic E-state index is 13.8. The van der Waals surface area contributed by atoms with Crippen molar-refractivity contribution in [2.45, 2.75) is 11.8 Å². The number of benzene rings is 2. The van der Waals surface area contributed by atoms with Crippen molar-refractivity contribution in [3.63, 3.8) is 0 Å². The van der Waals surface area contributed by atoms with Gasteiger partial charge in [0, 0.05) is 11.6 Å². The largest absolute Gasteiger partial charge is 0.497 e. The number of anilines is 1. The summed E-state index contributed by atoms with van der Waals surface area (Å²) in [4.78, 5) is 10.6. The number of sulfonamides is 1. The lowest BCUT2D eigenvalue weighted by Gasteiger charge is -2.12. The van der Waals surface area contributed by atoms with E-state index in [1.807, 2.05) is 0 Å². The third-order valence-corrected chi connectivity index (χ3v) is 4.66. The Bertz CT molecular complexity index is 864. The number of hydrogen-bond donors (Lipinski definition) is 2. The Morgan fingerprint density at radius 2 is 1.96 bits per heavy atom. The van der Waals surface area contributed by atoms with Gasteiger partial charge in [0.2, 0.25) is 0 Å². The molecule has 8 heteroatoms. The molecule has 0 unspecified atom stereocenters. The third kappa shape index (κ3) is 3.59. The van der Waals surface area contributed by atoms with Crippen LogP contribution in [-0.2, 0) is 10.0 Å². The molecule has 0 fully saturated rings. The molecule has 0 radical (unpaired) electrons. The van der Waals surface area contributed by atoms with Crippen LogP contribution in [0.3, 0.4) is 0 Å². The Balaban J connectivity index is 2.49. The molecule has 0 saturated carbocycles. The van der Waals surface area contributed by atoms with Gasteiger partial charge in [-0.15, -0.1) is 0 Å². The van der Waals surface area contributed by atoms with Gasteiger partial charge in [-0.3, -0.25) is 4.72 Å². The summed E-state index contributed by atoms with van der Waals surface area (Å²) in [6.07, 6.45) is 0. The summed E-state index contributed by atoms with van der Waals surface area (Å²) < 4.78 is 46.0. The van der Waals surface area contributed by atoms with E-state index < -0.39 is 32.3 Å². The minimum Gasteiger partial charge on any atom is -0.497 e. The first kappa shape index (κ1) is 16.8. The van der Waals surface area contributed by atoms with Gasteiger partial charge in [0.1, 0.15) is 11.6 Å². The average Bonchev–Trinajstić information content (AvgIpc) is 2.49. The number of ether oxygens (including phenoxy) is 1. The van der Waals surface area contributed by atoms with Crippen LogP contribution in [0, 0.1) is 12.7 Å².